The van der Waals surface area contributed by atoms with Crippen LogP contribution >= 0.6 is 0 Å². The third-order valence-corrected chi connectivity index (χ3v) is 4.43. The summed E-state index contributed by atoms with van der Waals surface area (Å²) in [5.41, 5.74) is -0.502. The molecule has 0 saturated heterocycles. The van der Waals surface area contributed by atoms with Crippen molar-refractivity contribution in [3.05, 3.63) is 77.8 Å². The number of nitrogens with one attached hydrogen (secondary N) is 1. The maximum absolute atomic E-state index is 13.6. The summed E-state index contributed by atoms with van der Waals surface area (Å²) in [6.07, 6.45) is -2.28. The SMILES string of the molecule is C[C@H](NC(=O)c1cnn2c(C(F)(F)F)cc(-c3ccco3)nc12)c1ccccc1. The Bertz CT molecular complexity index is 1150. The molecule has 3 heterocycles. The first kappa shape index (κ1) is 18.7. The van der Waals surface area contributed by atoms with Gasteiger partial charge in [-0.3, -0.25) is 4.79 Å². The van der Waals surface area contributed by atoms with Crippen LogP contribution in [0.15, 0.2) is 65.4 Å². The van der Waals surface area contributed by atoms with E-state index in [1.165, 1.54) is 12.3 Å². The van der Waals surface area contributed by atoms with Crippen LogP contribution in [-0.2, 0) is 6.18 Å². The molecule has 0 saturated carbocycles. The number of carbonyl (C=O) groups excluding carboxylic acids is 1. The molecule has 1 amide bonds. The molecule has 1 N–H and O–H groups in total. The number of halogens is 3. The highest BCUT2D eigenvalue weighted by Gasteiger charge is 2.36. The molecule has 148 valence electrons. The molecular weight excluding hydrogens is 385 g/mol. The van der Waals surface area contributed by atoms with Gasteiger partial charge in [-0.2, -0.15) is 18.3 Å². The summed E-state index contributed by atoms with van der Waals surface area (Å²) >= 11 is 0. The molecule has 0 fully saturated rings. The Morgan fingerprint density at radius 1 is 1.17 bits per heavy atom. The lowest BCUT2D eigenvalue weighted by Crippen LogP contribution is -2.26. The minimum atomic E-state index is -4.69. The number of carbonyl (C=O) groups is 1. The first-order chi connectivity index (χ1) is 13.8. The van der Waals surface area contributed by atoms with Gasteiger partial charge in [-0.15, -0.1) is 0 Å². The first-order valence-electron chi connectivity index (χ1n) is 8.70. The van der Waals surface area contributed by atoms with E-state index >= 15 is 0 Å². The van der Waals surface area contributed by atoms with E-state index < -0.39 is 17.8 Å². The molecule has 0 radical (unpaired) electrons. The average Bonchev–Trinajstić information content (AvgIpc) is 3.37. The Kier molecular flexibility index (Phi) is 4.57. The van der Waals surface area contributed by atoms with Crippen molar-refractivity contribution in [2.75, 3.05) is 0 Å². The zero-order valence-electron chi connectivity index (χ0n) is 15.1. The van der Waals surface area contributed by atoms with Crippen molar-refractivity contribution in [2.24, 2.45) is 0 Å². The number of nitrogens with zero attached hydrogens (tertiary/aromatic N) is 3. The lowest BCUT2D eigenvalue weighted by Gasteiger charge is -2.14. The molecule has 29 heavy (non-hydrogen) atoms. The average molecular weight is 400 g/mol. The van der Waals surface area contributed by atoms with Gasteiger partial charge in [-0.1, -0.05) is 30.3 Å². The molecule has 0 aliphatic rings. The summed E-state index contributed by atoms with van der Waals surface area (Å²) in [6.45, 7) is 1.78. The second-order valence-corrected chi connectivity index (χ2v) is 6.40. The van der Waals surface area contributed by atoms with Gasteiger partial charge in [0.05, 0.1) is 18.5 Å². The third kappa shape index (κ3) is 3.58. The standard InChI is InChI=1S/C20H15F3N4O2/c1-12(13-6-3-2-4-7-13)25-19(28)14-11-24-27-17(20(21,22)23)10-15(26-18(14)27)16-8-5-9-29-16/h2-12H,1H3,(H,25,28)/t12-/m0/s1. The quantitative estimate of drug-likeness (QED) is 0.548. The van der Waals surface area contributed by atoms with Crippen molar-refractivity contribution in [1.29, 1.82) is 0 Å². The third-order valence-electron chi connectivity index (χ3n) is 4.43. The summed E-state index contributed by atoms with van der Waals surface area (Å²) in [4.78, 5) is 17.0. The minimum absolute atomic E-state index is 0.0412. The molecule has 0 spiro atoms. The summed E-state index contributed by atoms with van der Waals surface area (Å²) < 4.78 is 46.5. The predicted molar refractivity (Wildman–Crippen MR) is 98.0 cm³/mol. The highest BCUT2D eigenvalue weighted by atomic mass is 19.4. The predicted octanol–water partition coefficient (Wildman–Crippen LogP) is 4.50. The van der Waals surface area contributed by atoms with Gasteiger partial charge in [0, 0.05) is 0 Å². The van der Waals surface area contributed by atoms with Gasteiger partial charge in [0.1, 0.15) is 11.3 Å². The second-order valence-electron chi connectivity index (χ2n) is 6.40. The van der Waals surface area contributed by atoms with Crippen LogP contribution in [0.1, 0.15) is 34.6 Å². The Labute approximate surface area is 163 Å². The molecule has 9 heteroatoms. The van der Waals surface area contributed by atoms with Gasteiger partial charge in [0.25, 0.3) is 5.91 Å². The molecule has 0 unspecified atom stereocenters. The molecule has 6 nitrogen and oxygen atoms in total. The summed E-state index contributed by atoms with van der Waals surface area (Å²) in [5.74, 6) is -0.420. The van der Waals surface area contributed by atoms with Gasteiger partial charge in [0.15, 0.2) is 17.1 Å². The van der Waals surface area contributed by atoms with Gasteiger partial charge in [0.2, 0.25) is 0 Å². The number of amides is 1. The summed E-state index contributed by atoms with van der Waals surface area (Å²) in [5, 5.41) is 6.52. The Morgan fingerprint density at radius 2 is 1.93 bits per heavy atom. The highest BCUT2D eigenvalue weighted by molar-refractivity contribution is 6.00. The fraction of sp³-hybridized carbons (Fsp3) is 0.150. The van der Waals surface area contributed by atoms with Crippen LogP contribution in [0, 0.1) is 0 Å². The Hall–Kier alpha value is -3.62. The Balaban J connectivity index is 1.77. The van der Waals surface area contributed by atoms with Crippen LogP contribution in [0.3, 0.4) is 0 Å². The van der Waals surface area contributed by atoms with Gasteiger partial charge in [-0.25, -0.2) is 9.50 Å². The molecular formula is C20H15F3N4O2. The monoisotopic (exact) mass is 400 g/mol. The van der Waals surface area contributed by atoms with Crippen molar-refractivity contribution in [2.45, 2.75) is 19.1 Å². The molecule has 1 aromatic carbocycles. The highest BCUT2D eigenvalue weighted by Crippen LogP contribution is 2.32. The lowest BCUT2D eigenvalue weighted by molar-refractivity contribution is -0.142. The minimum Gasteiger partial charge on any atom is -0.463 e. The van der Waals surface area contributed by atoms with Gasteiger partial charge >= 0.3 is 6.18 Å². The van der Waals surface area contributed by atoms with Crippen molar-refractivity contribution in [3.8, 4) is 11.5 Å². The number of fused-ring (bicyclic) bond motifs is 1. The number of benzene rings is 1. The van der Waals surface area contributed by atoms with Crippen LogP contribution < -0.4 is 5.32 Å². The van der Waals surface area contributed by atoms with Crippen molar-refractivity contribution >= 4 is 11.6 Å². The van der Waals surface area contributed by atoms with Crippen LogP contribution in [-0.4, -0.2) is 20.5 Å². The smallest absolute Gasteiger partial charge is 0.433 e. The molecule has 4 rings (SSSR count). The van der Waals surface area contributed by atoms with E-state index in [-0.39, 0.29) is 28.7 Å². The molecule has 1 atom stereocenters. The molecule has 3 aromatic heterocycles. The number of rotatable bonds is 4. The maximum Gasteiger partial charge on any atom is 0.433 e. The number of hydrogen-bond donors (Lipinski definition) is 1. The van der Waals surface area contributed by atoms with E-state index in [0.29, 0.717) is 4.52 Å². The molecule has 0 aliphatic heterocycles. The molecule has 0 aliphatic carbocycles. The zero-order chi connectivity index (χ0) is 20.6. The van der Waals surface area contributed by atoms with E-state index in [2.05, 4.69) is 15.4 Å². The number of hydrogen-bond acceptors (Lipinski definition) is 4. The van der Waals surface area contributed by atoms with E-state index in [0.717, 1.165) is 17.8 Å². The normalized spacial score (nSPS) is 12.8. The van der Waals surface area contributed by atoms with E-state index in [9.17, 15) is 18.0 Å². The zero-order valence-corrected chi connectivity index (χ0v) is 15.1. The van der Waals surface area contributed by atoms with Crippen LogP contribution in [0.4, 0.5) is 13.2 Å². The lowest BCUT2D eigenvalue weighted by atomic mass is 10.1. The van der Waals surface area contributed by atoms with Gasteiger partial charge < -0.3 is 9.73 Å². The fourth-order valence-corrected chi connectivity index (χ4v) is 2.97. The number of alkyl halides is 3. The topological polar surface area (TPSA) is 72.4 Å². The maximum atomic E-state index is 13.6. The summed E-state index contributed by atoms with van der Waals surface area (Å²) in [6, 6.07) is 12.7. The van der Waals surface area contributed by atoms with E-state index in [1.807, 2.05) is 30.3 Å². The van der Waals surface area contributed by atoms with Crippen molar-refractivity contribution < 1.29 is 22.4 Å². The molecule has 4 aromatic rings. The largest absolute Gasteiger partial charge is 0.463 e. The van der Waals surface area contributed by atoms with Crippen molar-refractivity contribution in [3.63, 3.8) is 0 Å². The summed E-state index contributed by atoms with van der Waals surface area (Å²) in [7, 11) is 0. The molecule has 0 bridgehead atoms. The number of aromatic nitrogens is 3. The van der Waals surface area contributed by atoms with Crippen LogP contribution in [0.25, 0.3) is 17.1 Å². The van der Waals surface area contributed by atoms with Crippen molar-refractivity contribution in [1.82, 2.24) is 19.9 Å². The Morgan fingerprint density at radius 3 is 2.59 bits per heavy atom. The van der Waals surface area contributed by atoms with Crippen LogP contribution in [0.5, 0.6) is 0 Å². The first-order valence-corrected chi connectivity index (χ1v) is 8.70. The van der Waals surface area contributed by atoms with Gasteiger partial charge in [-0.05, 0) is 30.7 Å². The van der Waals surface area contributed by atoms with E-state index in [1.54, 1.807) is 13.0 Å². The fourth-order valence-electron chi connectivity index (χ4n) is 2.97. The van der Waals surface area contributed by atoms with Crippen LogP contribution in [0.2, 0.25) is 0 Å². The number of furan rings is 1. The van der Waals surface area contributed by atoms with E-state index in [4.69, 9.17) is 4.42 Å². The second kappa shape index (κ2) is 7.08.